The Morgan fingerprint density at radius 1 is 1.07 bits per heavy atom. The highest BCUT2D eigenvalue weighted by molar-refractivity contribution is 9.10. The lowest BCUT2D eigenvalue weighted by atomic mass is 10.2. The SMILES string of the molecule is O=C(COc1ccc(C(=O)Nc2ccc(F)cc2)cn1)OCc1cccc(Br)c1. The Morgan fingerprint density at radius 3 is 2.55 bits per heavy atom. The number of carbonyl (C=O) groups excluding carboxylic acids is 2. The molecule has 0 aliphatic heterocycles. The summed E-state index contributed by atoms with van der Waals surface area (Å²) < 4.78 is 24.2. The molecule has 1 heterocycles. The molecule has 3 aromatic rings. The Kier molecular flexibility index (Phi) is 6.91. The second-order valence-electron chi connectivity index (χ2n) is 5.93. The highest BCUT2D eigenvalue weighted by atomic mass is 79.9. The van der Waals surface area contributed by atoms with Crippen LogP contribution in [0.2, 0.25) is 0 Å². The van der Waals surface area contributed by atoms with E-state index in [4.69, 9.17) is 9.47 Å². The number of halogens is 2. The molecule has 0 atom stereocenters. The topological polar surface area (TPSA) is 77.5 Å². The first-order valence-electron chi connectivity index (χ1n) is 8.55. The number of nitrogens with zero attached hydrogens (tertiary/aromatic N) is 1. The van der Waals surface area contributed by atoms with Crippen molar-refractivity contribution in [2.24, 2.45) is 0 Å². The van der Waals surface area contributed by atoms with Gasteiger partial charge in [-0.3, -0.25) is 4.79 Å². The summed E-state index contributed by atoms with van der Waals surface area (Å²) in [6.07, 6.45) is 1.32. The molecule has 0 fully saturated rings. The highest BCUT2D eigenvalue weighted by Gasteiger charge is 2.09. The van der Waals surface area contributed by atoms with Gasteiger partial charge in [0.25, 0.3) is 5.91 Å². The Labute approximate surface area is 174 Å². The van der Waals surface area contributed by atoms with Crippen molar-refractivity contribution in [3.63, 3.8) is 0 Å². The summed E-state index contributed by atoms with van der Waals surface area (Å²) in [4.78, 5) is 28.0. The molecular formula is C21H16BrFN2O4. The van der Waals surface area contributed by atoms with E-state index in [0.29, 0.717) is 11.3 Å². The molecule has 0 saturated carbocycles. The molecule has 0 radical (unpaired) electrons. The van der Waals surface area contributed by atoms with Crippen LogP contribution >= 0.6 is 15.9 Å². The number of pyridine rings is 1. The third-order valence-electron chi connectivity index (χ3n) is 3.73. The highest BCUT2D eigenvalue weighted by Crippen LogP contribution is 2.14. The van der Waals surface area contributed by atoms with Gasteiger partial charge in [-0.15, -0.1) is 0 Å². The van der Waals surface area contributed by atoms with Gasteiger partial charge in [-0.05, 0) is 48.0 Å². The molecule has 1 amide bonds. The van der Waals surface area contributed by atoms with E-state index < -0.39 is 11.9 Å². The number of anilines is 1. The van der Waals surface area contributed by atoms with Crippen molar-refractivity contribution in [3.8, 4) is 5.88 Å². The molecule has 2 aromatic carbocycles. The minimum atomic E-state index is -0.537. The number of hydrogen-bond donors (Lipinski definition) is 1. The van der Waals surface area contributed by atoms with Crippen molar-refractivity contribution in [3.05, 3.63) is 88.3 Å². The molecule has 29 heavy (non-hydrogen) atoms. The number of carbonyl (C=O) groups is 2. The Hall–Kier alpha value is -3.26. The molecule has 0 unspecified atom stereocenters. The molecule has 0 spiro atoms. The van der Waals surface area contributed by atoms with Crippen LogP contribution in [0.4, 0.5) is 10.1 Å². The minimum absolute atomic E-state index is 0.136. The molecule has 0 aliphatic carbocycles. The third-order valence-corrected chi connectivity index (χ3v) is 4.22. The van der Waals surface area contributed by atoms with Crippen LogP contribution < -0.4 is 10.1 Å². The normalized spacial score (nSPS) is 10.3. The first kappa shape index (κ1) is 20.5. The minimum Gasteiger partial charge on any atom is -0.466 e. The predicted octanol–water partition coefficient (Wildman–Crippen LogP) is 4.36. The van der Waals surface area contributed by atoms with E-state index in [0.717, 1.165) is 10.0 Å². The van der Waals surface area contributed by atoms with E-state index in [1.165, 1.54) is 42.6 Å². The van der Waals surface area contributed by atoms with Crippen LogP contribution in [0.25, 0.3) is 0 Å². The lowest BCUT2D eigenvalue weighted by Crippen LogP contribution is -2.16. The number of aromatic nitrogens is 1. The maximum absolute atomic E-state index is 12.9. The number of benzene rings is 2. The van der Waals surface area contributed by atoms with Crippen LogP contribution in [-0.4, -0.2) is 23.5 Å². The Balaban J connectivity index is 1.46. The van der Waals surface area contributed by atoms with Crippen LogP contribution in [0.15, 0.2) is 71.3 Å². The molecular weight excluding hydrogens is 443 g/mol. The summed E-state index contributed by atoms with van der Waals surface area (Å²) in [6.45, 7) is -0.167. The number of esters is 1. The van der Waals surface area contributed by atoms with Gasteiger partial charge in [0.2, 0.25) is 5.88 Å². The molecule has 0 saturated heterocycles. The zero-order valence-electron chi connectivity index (χ0n) is 15.1. The number of amides is 1. The van der Waals surface area contributed by atoms with Gasteiger partial charge in [-0.1, -0.05) is 28.1 Å². The second kappa shape index (κ2) is 9.79. The lowest BCUT2D eigenvalue weighted by molar-refractivity contribution is -0.147. The molecule has 3 rings (SSSR count). The molecule has 1 N–H and O–H groups in total. The van der Waals surface area contributed by atoms with Crippen molar-refractivity contribution in [1.82, 2.24) is 4.98 Å². The maximum atomic E-state index is 12.9. The molecule has 0 bridgehead atoms. The fraction of sp³-hybridized carbons (Fsp3) is 0.0952. The van der Waals surface area contributed by atoms with Crippen molar-refractivity contribution in [1.29, 1.82) is 0 Å². The van der Waals surface area contributed by atoms with E-state index in [-0.39, 0.29) is 24.9 Å². The fourth-order valence-corrected chi connectivity index (χ4v) is 2.75. The van der Waals surface area contributed by atoms with Crippen LogP contribution in [0.5, 0.6) is 5.88 Å². The van der Waals surface area contributed by atoms with Crippen molar-refractivity contribution >= 4 is 33.5 Å². The number of ether oxygens (including phenoxy) is 2. The quantitative estimate of drug-likeness (QED) is 0.532. The van der Waals surface area contributed by atoms with Crippen molar-refractivity contribution < 1.29 is 23.5 Å². The Morgan fingerprint density at radius 2 is 1.86 bits per heavy atom. The first-order valence-corrected chi connectivity index (χ1v) is 9.35. The van der Waals surface area contributed by atoms with E-state index in [9.17, 15) is 14.0 Å². The zero-order valence-corrected chi connectivity index (χ0v) is 16.7. The fourth-order valence-electron chi connectivity index (χ4n) is 2.30. The summed E-state index contributed by atoms with van der Waals surface area (Å²) in [5, 5.41) is 2.63. The summed E-state index contributed by atoms with van der Waals surface area (Å²) in [6, 6.07) is 15.8. The van der Waals surface area contributed by atoms with E-state index in [2.05, 4.69) is 26.2 Å². The second-order valence-corrected chi connectivity index (χ2v) is 6.84. The van der Waals surface area contributed by atoms with Gasteiger partial charge in [0.05, 0.1) is 5.56 Å². The van der Waals surface area contributed by atoms with Gasteiger partial charge in [0, 0.05) is 22.4 Å². The van der Waals surface area contributed by atoms with Crippen LogP contribution in [0, 0.1) is 5.82 Å². The summed E-state index contributed by atoms with van der Waals surface area (Å²) in [5.74, 6) is -1.14. The smallest absolute Gasteiger partial charge is 0.344 e. The summed E-state index contributed by atoms with van der Waals surface area (Å²) in [5.41, 5.74) is 1.60. The number of hydrogen-bond acceptors (Lipinski definition) is 5. The number of rotatable bonds is 7. The van der Waals surface area contributed by atoms with Crippen molar-refractivity contribution in [2.45, 2.75) is 6.61 Å². The van der Waals surface area contributed by atoms with Crippen molar-refractivity contribution in [2.75, 3.05) is 11.9 Å². The van der Waals surface area contributed by atoms with Crippen LogP contribution in [0.1, 0.15) is 15.9 Å². The molecule has 0 aliphatic rings. The van der Waals surface area contributed by atoms with Gasteiger partial charge in [-0.25, -0.2) is 14.2 Å². The largest absolute Gasteiger partial charge is 0.466 e. The van der Waals surface area contributed by atoms with Crippen LogP contribution in [0.3, 0.4) is 0 Å². The standard InChI is InChI=1S/C21H16BrFN2O4/c22-16-3-1-2-14(10-16)12-29-20(26)13-28-19-9-4-15(11-24-19)21(27)25-18-7-5-17(23)6-8-18/h1-11H,12-13H2,(H,25,27). The van der Waals surface area contributed by atoms with Gasteiger partial charge in [-0.2, -0.15) is 0 Å². The van der Waals surface area contributed by atoms with E-state index in [1.54, 1.807) is 0 Å². The molecule has 8 heteroatoms. The number of nitrogens with one attached hydrogen (secondary N) is 1. The molecule has 6 nitrogen and oxygen atoms in total. The maximum Gasteiger partial charge on any atom is 0.344 e. The summed E-state index contributed by atoms with van der Waals surface area (Å²) in [7, 11) is 0. The molecule has 1 aromatic heterocycles. The lowest BCUT2D eigenvalue weighted by Gasteiger charge is -2.08. The third kappa shape index (κ3) is 6.39. The van der Waals surface area contributed by atoms with E-state index >= 15 is 0 Å². The first-order chi connectivity index (χ1) is 14.0. The zero-order chi connectivity index (χ0) is 20.6. The molecule has 148 valence electrons. The van der Waals surface area contributed by atoms with Crippen LogP contribution in [-0.2, 0) is 16.1 Å². The van der Waals surface area contributed by atoms with Gasteiger partial charge >= 0.3 is 5.97 Å². The average Bonchev–Trinajstić information content (AvgIpc) is 2.73. The predicted molar refractivity (Wildman–Crippen MR) is 108 cm³/mol. The average molecular weight is 459 g/mol. The Bertz CT molecular complexity index is 994. The summed E-state index contributed by atoms with van der Waals surface area (Å²) >= 11 is 3.35. The van der Waals surface area contributed by atoms with Gasteiger partial charge in [0.15, 0.2) is 6.61 Å². The van der Waals surface area contributed by atoms with Gasteiger partial charge in [0.1, 0.15) is 12.4 Å². The van der Waals surface area contributed by atoms with E-state index in [1.807, 2.05) is 24.3 Å². The van der Waals surface area contributed by atoms with Gasteiger partial charge < -0.3 is 14.8 Å². The monoisotopic (exact) mass is 458 g/mol.